The average molecular weight is 243 g/mol. The lowest BCUT2D eigenvalue weighted by atomic mass is 10.2. The summed E-state index contributed by atoms with van der Waals surface area (Å²) in [6.07, 6.45) is 0. The van der Waals surface area contributed by atoms with Crippen LogP contribution in [0.3, 0.4) is 0 Å². The quantitative estimate of drug-likeness (QED) is 0.876. The van der Waals surface area contributed by atoms with Gasteiger partial charge in [-0.05, 0) is 24.6 Å². The first-order valence-electron chi connectivity index (χ1n) is 5.23. The topological polar surface area (TPSA) is 57.6 Å². The van der Waals surface area contributed by atoms with Crippen molar-refractivity contribution in [1.82, 2.24) is 4.31 Å². The van der Waals surface area contributed by atoms with Gasteiger partial charge in [0.1, 0.15) is 10.6 Å². The van der Waals surface area contributed by atoms with Gasteiger partial charge in [0.25, 0.3) is 0 Å². The SMILES string of the molecule is CCN(CC)S(=O)(=O)c1cc(C)ccc1O. The summed E-state index contributed by atoms with van der Waals surface area (Å²) in [4.78, 5) is -0.0174. The maximum absolute atomic E-state index is 12.1. The molecular formula is C11H17NO3S. The highest BCUT2D eigenvalue weighted by atomic mass is 32.2. The second-order valence-electron chi connectivity index (χ2n) is 3.56. The van der Waals surface area contributed by atoms with E-state index in [4.69, 9.17) is 0 Å². The van der Waals surface area contributed by atoms with Crippen LogP contribution >= 0.6 is 0 Å². The van der Waals surface area contributed by atoms with Crippen molar-refractivity contribution in [3.05, 3.63) is 23.8 Å². The van der Waals surface area contributed by atoms with Crippen molar-refractivity contribution in [3.63, 3.8) is 0 Å². The van der Waals surface area contributed by atoms with Crippen LogP contribution in [0.5, 0.6) is 5.75 Å². The fraction of sp³-hybridized carbons (Fsp3) is 0.455. The standard InChI is InChI=1S/C11H17NO3S/c1-4-12(5-2)16(14,15)11-8-9(3)6-7-10(11)13/h6-8,13H,4-5H2,1-3H3. The summed E-state index contributed by atoms with van der Waals surface area (Å²) in [6, 6.07) is 4.57. The second-order valence-corrected chi connectivity index (χ2v) is 5.47. The summed E-state index contributed by atoms with van der Waals surface area (Å²) < 4.78 is 25.6. The van der Waals surface area contributed by atoms with Gasteiger partial charge in [-0.2, -0.15) is 4.31 Å². The molecule has 4 nitrogen and oxygen atoms in total. The number of nitrogens with zero attached hydrogens (tertiary/aromatic N) is 1. The van der Waals surface area contributed by atoms with E-state index in [1.54, 1.807) is 26.8 Å². The van der Waals surface area contributed by atoms with Crippen LogP contribution in [-0.4, -0.2) is 30.9 Å². The van der Waals surface area contributed by atoms with Gasteiger partial charge < -0.3 is 5.11 Å². The van der Waals surface area contributed by atoms with E-state index in [-0.39, 0.29) is 10.6 Å². The lowest BCUT2D eigenvalue weighted by molar-refractivity contribution is 0.429. The summed E-state index contributed by atoms with van der Waals surface area (Å²) in [5.41, 5.74) is 0.809. The largest absolute Gasteiger partial charge is 0.507 e. The Labute approximate surface area is 96.6 Å². The third kappa shape index (κ3) is 2.36. The van der Waals surface area contributed by atoms with E-state index >= 15 is 0 Å². The fourth-order valence-corrected chi connectivity index (χ4v) is 3.16. The molecule has 5 heteroatoms. The van der Waals surface area contributed by atoms with Gasteiger partial charge in [0.15, 0.2) is 0 Å². The molecule has 0 aliphatic heterocycles. The van der Waals surface area contributed by atoms with E-state index in [1.165, 1.54) is 16.4 Å². The lowest BCUT2D eigenvalue weighted by Crippen LogP contribution is -2.30. The van der Waals surface area contributed by atoms with Gasteiger partial charge >= 0.3 is 0 Å². The minimum atomic E-state index is -3.57. The number of rotatable bonds is 4. The van der Waals surface area contributed by atoms with E-state index in [0.717, 1.165) is 5.56 Å². The van der Waals surface area contributed by atoms with Crippen molar-refractivity contribution in [2.75, 3.05) is 13.1 Å². The molecule has 0 aliphatic carbocycles. The Morgan fingerprint density at radius 1 is 1.25 bits per heavy atom. The van der Waals surface area contributed by atoms with Gasteiger partial charge in [-0.25, -0.2) is 8.42 Å². The minimum Gasteiger partial charge on any atom is -0.507 e. The number of aromatic hydroxyl groups is 1. The van der Waals surface area contributed by atoms with E-state index in [2.05, 4.69) is 0 Å². The van der Waals surface area contributed by atoms with E-state index < -0.39 is 10.0 Å². The predicted molar refractivity (Wildman–Crippen MR) is 63.0 cm³/mol. The Kier molecular flexibility index (Phi) is 3.93. The Morgan fingerprint density at radius 2 is 1.81 bits per heavy atom. The Hall–Kier alpha value is -1.07. The maximum Gasteiger partial charge on any atom is 0.246 e. The van der Waals surface area contributed by atoms with Crippen molar-refractivity contribution in [2.24, 2.45) is 0 Å². The van der Waals surface area contributed by atoms with Crippen LogP contribution in [0.4, 0.5) is 0 Å². The molecule has 0 spiro atoms. The summed E-state index contributed by atoms with van der Waals surface area (Å²) in [5, 5.41) is 9.60. The highest BCUT2D eigenvalue weighted by Gasteiger charge is 2.24. The molecule has 0 fully saturated rings. The van der Waals surface area contributed by atoms with Crippen molar-refractivity contribution < 1.29 is 13.5 Å². The molecule has 0 saturated carbocycles. The Bertz CT molecular complexity index is 464. The lowest BCUT2D eigenvalue weighted by Gasteiger charge is -2.19. The molecule has 16 heavy (non-hydrogen) atoms. The van der Waals surface area contributed by atoms with Crippen LogP contribution in [0.15, 0.2) is 23.1 Å². The van der Waals surface area contributed by atoms with Crippen molar-refractivity contribution >= 4 is 10.0 Å². The van der Waals surface area contributed by atoms with Crippen LogP contribution < -0.4 is 0 Å². The van der Waals surface area contributed by atoms with Crippen LogP contribution in [0.1, 0.15) is 19.4 Å². The number of sulfonamides is 1. The molecule has 90 valence electrons. The van der Waals surface area contributed by atoms with Gasteiger partial charge in [0, 0.05) is 13.1 Å². The Morgan fingerprint density at radius 3 is 2.31 bits per heavy atom. The molecule has 0 aliphatic rings. The number of hydrogen-bond donors (Lipinski definition) is 1. The van der Waals surface area contributed by atoms with E-state index in [9.17, 15) is 13.5 Å². The molecule has 0 amide bonds. The monoisotopic (exact) mass is 243 g/mol. The highest BCUT2D eigenvalue weighted by molar-refractivity contribution is 7.89. The maximum atomic E-state index is 12.1. The number of phenolic OH excluding ortho intramolecular Hbond substituents is 1. The molecule has 0 heterocycles. The van der Waals surface area contributed by atoms with Crippen LogP contribution in [-0.2, 0) is 10.0 Å². The first-order valence-corrected chi connectivity index (χ1v) is 6.67. The second kappa shape index (κ2) is 4.84. The summed E-state index contributed by atoms with van der Waals surface area (Å²) in [7, 11) is -3.57. The molecule has 0 radical (unpaired) electrons. The predicted octanol–water partition coefficient (Wildman–Crippen LogP) is 1.73. The van der Waals surface area contributed by atoms with E-state index in [0.29, 0.717) is 13.1 Å². The van der Waals surface area contributed by atoms with Gasteiger partial charge in [-0.3, -0.25) is 0 Å². The molecule has 0 saturated heterocycles. The fourth-order valence-electron chi connectivity index (χ4n) is 1.53. The van der Waals surface area contributed by atoms with E-state index in [1.807, 2.05) is 0 Å². The summed E-state index contributed by atoms with van der Waals surface area (Å²) >= 11 is 0. The van der Waals surface area contributed by atoms with Crippen LogP contribution in [0.25, 0.3) is 0 Å². The first-order chi connectivity index (χ1) is 7.43. The molecule has 1 aromatic carbocycles. The molecular weight excluding hydrogens is 226 g/mol. The number of hydrogen-bond acceptors (Lipinski definition) is 3. The molecule has 1 N–H and O–H groups in total. The van der Waals surface area contributed by atoms with Gasteiger partial charge in [0.05, 0.1) is 0 Å². The zero-order valence-corrected chi connectivity index (χ0v) is 10.6. The Balaban J connectivity index is 3.31. The molecule has 0 bridgehead atoms. The molecule has 0 unspecified atom stereocenters. The van der Waals surface area contributed by atoms with Gasteiger partial charge in [-0.1, -0.05) is 19.9 Å². The minimum absolute atomic E-state index is 0.0174. The number of phenols is 1. The van der Waals surface area contributed by atoms with Gasteiger partial charge in [0.2, 0.25) is 10.0 Å². The van der Waals surface area contributed by atoms with Crippen molar-refractivity contribution in [3.8, 4) is 5.75 Å². The van der Waals surface area contributed by atoms with Crippen LogP contribution in [0, 0.1) is 6.92 Å². The molecule has 0 aromatic heterocycles. The number of benzene rings is 1. The molecule has 1 rings (SSSR count). The zero-order valence-electron chi connectivity index (χ0n) is 9.77. The summed E-state index contributed by atoms with van der Waals surface area (Å²) in [5.74, 6) is -0.197. The summed E-state index contributed by atoms with van der Waals surface area (Å²) in [6.45, 7) is 6.13. The zero-order chi connectivity index (χ0) is 12.3. The number of aryl methyl sites for hydroxylation is 1. The van der Waals surface area contributed by atoms with Crippen molar-refractivity contribution in [2.45, 2.75) is 25.7 Å². The van der Waals surface area contributed by atoms with Crippen molar-refractivity contribution in [1.29, 1.82) is 0 Å². The van der Waals surface area contributed by atoms with Crippen LogP contribution in [0.2, 0.25) is 0 Å². The van der Waals surface area contributed by atoms with Gasteiger partial charge in [-0.15, -0.1) is 0 Å². The average Bonchev–Trinajstić information content (AvgIpc) is 2.23. The third-order valence-corrected chi connectivity index (χ3v) is 4.52. The molecule has 1 aromatic rings. The molecule has 0 atom stereocenters. The smallest absolute Gasteiger partial charge is 0.246 e. The first kappa shape index (κ1) is 13.0. The normalized spacial score (nSPS) is 12.0. The third-order valence-electron chi connectivity index (χ3n) is 2.44. The highest BCUT2D eigenvalue weighted by Crippen LogP contribution is 2.26.